The van der Waals surface area contributed by atoms with Crippen LogP contribution < -0.4 is 16.4 Å². The van der Waals surface area contributed by atoms with Gasteiger partial charge in [0.2, 0.25) is 17.7 Å². The summed E-state index contributed by atoms with van der Waals surface area (Å²) in [5, 5.41) is 4.86. The van der Waals surface area contributed by atoms with E-state index in [1.165, 1.54) is 0 Å². The fraction of sp³-hybridized carbons (Fsp3) is 0.571. The van der Waals surface area contributed by atoms with Crippen LogP contribution in [0.4, 0.5) is 0 Å². The van der Waals surface area contributed by atoms with Gasteiger partial charge in [-0.05, 0) is 0 Å². The molecule has 0 aliphatic carbocycles. The highest BCUT2D eigenvalue weighted by molar-refractivity contribution is 5.91. The molecule has 1 saturated heterocycles. The fourth-order valence-electron chi connectivity index (χ4n) is 1.11. The van der Waals surface area contributed by atoms with Crippen molar-refractivity contribution in [3.8, 4) is 0 Å². The number of hydrogen-bond acceptors (Lipinski definition) is 3. The average Bonchev–Trinajstić information content (AvgIpc) is 2.47. The summed E-state index contributed by atoms with van der Waals surface area (Å²) in [4.78, 5) is 32.2. The molecule has 13 heavy (non-hydrogen) atoms. The Morgan fingerprint density at radius 1 is 1.62 bits per heavy atom. The molecule has 4 N–H and O–H groups in total. The Morgan fingerprint density at radius 3 is 2.77 bits per heavy atom. The fourth-order valence-corrected chi connectivity index (χ4v) is 1.11. The van der Waals surface area contributed by atoms with Crippen molar-refractivity contribution in [2.45, 2.75) is 6.42 Å². The topological polar surface area (TPSA) is 101 Å². The molecule has 1 atom stereocenters. The number of amides is 3. The zero-order chi connectivity index (χ0) is 9.84. The van der Waals surface area contributed by atoms with E-state index in [-0.39, 0.29) is 30.7 Å². The Kier molecular flexibility index (Phi) is 2.84. The van der Waals surface area contributed by atoms with Crippen molar-refractivity contribution in [3.05, 3.63) is 0 Å². The Morgan fingerprint density at radius 2 is 2.31 bits per heavy atom. The maximum absolute atomic E-state index is 11.2. The molecule has 6 nitrogen and oxygen atoms in total. The van der Waals surface area contributed by atoms with Crippen molar-refractivity contribution in [2.75, 3.05) is 13.1 Å². The van der Waals surface area contributed by atoms with E-state index in [1.54, 1.807) is 0 Å². The first kappa shape index (κ1) is 9.50. The van der Waals surface area contributed by atoms with Crippen molar-refractivity contribution in [1.29, 1.82) is 0 Å². The summed E-state index contributed by atoms with van der Waals surface area (Å²) in [6.07, 6.45) is 0.185. The van der Waals surface area contributed by atoms with Crippen LogP contribution in [0.5, 0.6) is 0 Å². The Bertz CT molecular complexity index is 251. The molecule has 1 unspecified atom stereocenters. The smallest absolute Gasteiger partial charge is 0.236 e. The van der Waals surface area contributed by atoms with E-state index in [1.807, 2.05) is 0 Å². The molecular formula is C7H11N3O3. The first-order chi connectivity index (χ1) is 6.09. The van der Waals surface area contributed by atoms with E-state index in [9.17, 15) is 14.4 Å². The minimum Gasteiger partial charge on any atom is -0.368 e. The van der Waals surface area contributed by atoms with Crippen molar-refractivity contribution in [3.63, 3.8) is 0 Å². The first-order valence-corrected chi connectivity index (χ1v) is 3.92. The molecule has 1 fully saturated rings. The molecule has 0 spiro atoms. The maximum atomic E-state index is 11.2. The molecule has 3 amide bonds. The zero-order valence-electron chi connectivity index (χ0n) is 7.00. The number of carbonyl (C=O) groups is 3. The van der Waals surface area contributed by atoms with Crippen LogP contribution >= 0.6 is 0 Å². The third-order valence-electron chi connectivity index (χ3n) is 1.79. The van der Waals surface area contributed by atoms with E-state index in [4.69, 9.17) is 5.73 Å². The van der Waals surface area contributed by atoms with E-state index in [0.717, 1.165) is 0 Å². The molecule has 0 saturated carbocycles. The zero-order valence-corrected chi connectivity index (χ0v) is 7.00. The van der Waals surface area contributed by atoms with Gasteiger partial charge in [-0.2, -0.15) is 0 Å². The summed E-state index contributed by atoms with van der Waals surface area (Å²) >= 11 is 0. The van der Waals surface area contributed by atoms with Gasteiger partial charge in [-0.25, -0.2) is 0 Å². The molecular weight excluding hydrogens is 174 g/mol. The van der Waals surface area contributed by atoms with Crippen molar-refractivity contribution in [1.82, 2.24) is 10.6 Å². The molecule has 0 radical (unpaired) electrons. The number of rotatable bonds is 3. The molecule has 1 aliphatic rings. The minimum atomic E-state index is -0.592. The summed E-state index contributed by atoms with van der Waals surface area (Å²) in [5.41, 5.74) is 4.83. The molecule has 6 heteroatoms. The molecule has 0 aromatic carbocycles. The van der Waals surface area contributed by atoms with Crippen LogP contribution in [-0.4, -0.2) is 30.8 Å². The van der Waals surface area contributed by atoms with Gasteiger partial charge < -0.3 is 16.4 Å². The minimum absolute atomic E-state index is 0.140. The number of hydrogen-bond donors (Lipinski definition) is 3. The largest absolute Gasteiger partial charge is 0.368 e. The number of primary amides is 1. The number of carbonyl (C=O) groups excluding carboxylic acids is 3. The van der Waals surface area contributed by atoms with Gasteiger partial charge in [0.1, 0.15) is 0 Å². The van der Waals surface area contributed by atoms with E-state index in [0.29, 0.717) is 6.54 Å². The van der Waals surface area contributed by atoms with Crippen LogP contribution in [0.1, 0.15) is 6.42 Å². The van der Waals surface area contributed by atoms with Gasteiger partial charge in [-0.15, -0.1) is 0 Å². The molecule has 0 aromatic heterocycles. The van der Waals surface area contributed by atoms with Crippen molar-refractivity contribution < 1.29 is 14.4 Å². The van der Waals surface area contributed by atoms with Crippen molar-refractivity contribution >= 4 is 17.7 Å². The lowest BCUT2D eigenvalue weighted by atomic mass is 10.1. The van der Waals surface area contributed by atoms with Crippen molar-refractivity contribution in [2.24, 2.45) is 11.7 Å². The van der Waals surface area contributed by atoms with Gasteiger partial charge in [0, 0.05) is 13.0 Å². The second-order valence-corrected chi connectivity index (χ2v) is 2.89. The summed E-state index contributed by atoms with van der Waals surface area (Å²) in [6, 6.07) is 0. The molecule has 72 valence electrons. The van der Waals surface area contributed by atoms with Gasteiger partial charge in [0.15, 0.2) is 0 Å². The normalized spacial score (nSPS) is 20.9. The Balaban J connectivity index is 2.31. The quantitative estimate of drug-likeness (QED) is 0.461. The predicted molar refractivity (Wildman–Crippen MR) is 43.3 cm³/mol. The first-order valence-electron chi connectivity index (χ1n) is 3.92. The molecule has 0 bridgehead atoms. The predicted octanol–water partition coefficient (Wildman–Crippen LogP) is -2.28. The highest BCUT2D eigenvalue weighted by Gasteiger charge is 2.27. The molecule has 1 rings (SSSR count). The highest BCUT2D eigenvalue weighted by Crippen LogP contribution is 2.07. The monoisotopic (exact) mass is 185 g/mol. The molecule has 1 heterocycles. The number of nitrogens with one attached hydrogen (secondary N) is 2. The lowest BCUT2D eigenvalue weighted by Gasteiger charge is -2.06. The lowest BCUT2D eigenvalue weighted by Crippen LogP contribution is -2.37. The maximum Gasteiger partial charge on any atom is 0.236 e. The Hall–Kier alpha value is -1.59. The highest BCUT2D eigenvalue weighted by atomic mass is 16.2. The van der Waals surface area contributed by atoms with Crippen LogP contribution in [0.3, 0.4) is 0 Å². The molecule has 0 aromatic rings. The summed E-state index contributed by atoms with van der Waals surface area (Å²) < 4.78 is 0. The number of nitrogens with two attached hydrogens (primary N) is 1. The van der Waals surface area contributed by atoms with Crippen LogP contribution in [-0.2, 0) is 14.4 Å². The lowest BCUT2D eigenvalue weighted by molar-refractivity contribution is -0.128. The summed E-state index contributed by atoms with van der Waals surface area (Å²) in [5.74, 6) is -1.41. The second kappa shape index (κ2) is 3.88. The van der Waals surface area contributed by atoms with Gasteiger partial charge in [0.05, 0.1) is 12.5 Å². The van der Waals surface area contributed by atoms with Gasteiger partial charge >= 0.3 is 0 Å². The summed E-state index contributed by atoms with van der Waals surface area (Å²) in [6.45, 7) is 0.160. The summed E-state index contributed by atoms with van der Waals surface area (Å²) in [7, 11) is 0. The van der Waals surface area contributed by atoms with Gasteiger partial charge in [0.25, 0.3) is 0 Å². The van der Waals surface area contributed by atoms with E-state index >= 15 is 0 Å². The van der Waals surface area contributed by atoms with E-state index < -0.39 is 5.91 Å². The van der Waals surface area contributed by atoms with Crippen LogP contribution in [0, 0.1) is 5.92 Å². The SMILES string of the molecule is NC(=O)CNC(=O)C1CNC(=O)C1. The molecule has 1 aliphatic heterocycles. The van der Waals surface area contributed by atoms with Crippen LogP contribution in [0.25, 0.3) is 0 Å². The Labute approximate surface area is 74.8 Å². The van der Waals surface area contributed by atoms with Crippen LogP contribution in [0.2, 0.25) is 0 Å². The van der Waals surface area contributed by atoms with Crippen LogP contribution in [0.15, 0.2) is 0 Å². The third-order valence-corrected chi connectivity index (χ3v) is 1.79. The van der Waals surface area contributed by atoms with E-state index in [2.05, 4.69) is 10.6 Å². The third kappa shape index (κ3) is 2.73. The average molecular weight is 185 g/mol. The van der Waals surface area contributed by atoms with Gasteiger partial charge in [-0.1, -0.05) is 0 Å². The second-order valence-electron chi connectivity index (χ2n) is 2.89. The standard InChI is InChI=1S/C7H11N3O3/c8-5(11)3-10-7(13)4-1-6(12)9-2-4/h4H,1-3H2,(H2,8,11)(H,9,12)(H,10,13). The van der Waals surface area contributed by atoms with Gasteiger partial charge in [-0.3, -0.25) is 14.4 Å².